The highest BCUT2D eigenvalue weighted by molar-refractivity contribution is 5.85. The van der Waals surface area contributed by atoms with Crippen molar-refractivity contribution in [2.45, 2.75) is 19.8 Å². The van der Waals surface area contributed by atoms with E-state index < -0.39 is 11.9 Å². The summed E-state index contributed by atoms with van der Waals surface area (Å²) in [5.41, 5.74) is 0. The van der Waals surface area contributed by atoms with E-state index in [0.29, 0.717) is 38.4 Å². The number of aliphatic carboxylic acids is 1. The summed E-state index contributed by atoms with van der Waals surface area (Å²) < 4.78 is 0. The third kappa shape index (κ3) is 3.13. The highest BCUT2D eigenvalue weighted by atomic mass is 16.4. The number of carbonyl (C=O) groups excluding carboxylic acids is 1. The van der Waals surface area contributed by atoms with Crippen molar-refractivity contribution >= 4 is 11.9 Å². The van der Waals surface area contributed by atoms with Crippen molar-refractivity contribution in [1.29, 1.82) is 0 Å². The lowest BCUT2D eigenvalue weighted by Crippen LogP contribution is -2.51. The van der Waals surface area contributed by atoms with E-state index in [1.807, 2.05) is 11.8 Å². The molecule has 5 heteroatoms. The van der Waals surface area contributed by atoms with Crippen LogP contribution < -0.4 is 0 Å². The van der Waals surface area contributed by atoms with E-state index in [9.17, 15) is 14.7 Å². The Bertz CT molecular complexity index is 421. The summed E-state index contributed by atoms with van der Waals surface area (Å²) in [6.07, 6.45) is 6.59. The molecule has 0 radical (unpaired) electrons. The van der Waals surface area contributed by atoms with Crippen molar-refractivity contribution in [1.82, 2.24) is 9.80 Å². The maximum atomic E-state index is 12.5. The van der Waals surface area contributed by atoms with Gasteiger partial charge in [0.1, 0.15) is 0 Å². The van der Waals surface area contributed by atoms with Gasteiger partial charge in [-0.1, -0.05) is 12.8 Å². The highest BCUT2D eigenvalue weighted by Gasteiger charge is 2.43. The zero-order valence-electron chi connectivity index (χ0n) is 11.9. The number of hydrogen-bond acceptors (Lipinski definition) is 3. The molecule has 5 nitrogen and oxygen atoms in total. The molecule has 2 fully saturated rings. The first-order chi connectivity index (χ1) is 9.52. The maximum Gasteiger partial charge on any atom is 0.307 e. The molecule has 2 rings (SSSR count). The summed E-state index contributed by atoms with van der Waals surface area (Å²) in [5.74, 6) is 1.24. The van der Waals surface area contributed by atoms with Crippen LogP contribution in [0.1, 0.15) is 19.8 Å². The average Bonchev–Trinajstić information content (AvgIpc) is 2.81. The normalized spacial score (nSPS) is 31.0. The minimum atomic E-state index is -0.835. The molecule has 110 valence electrons. The van der Waals surface area contributed by atoms with Gasteiger partial charge < -0.3 is 10.0 Å². The minimum Gasteiger partial charge on any atom is -0.481 e. The van der Waals surface area contributed by atoms with E-state index in [1.165, 1.54) is 0 Å². The van der Waals surface area contributed by atoms with Gasteiger partial charge in [-0.05, 0) is 18.8 Å². The molecule has 1 N–H and O–H groups in total. The van der Waals surface area contributed by atoms with Gasteiger partial charge in [0.15, 0.2) is 0 Å². The largest absolute Gasteiger partial charge is 0.481 e. The molecule has 1 heterocycles. The van der Waals surface area contributed by atoms with E-state index in [-0.39, 0.29) is 11.8 Å². The second-order valence-corrected chi connectivity index (χ2v) is 5.93. The second-order valence-electron chi connectivity index (χ2n) is 5.93. The first-order valence-electron chi connectivity index (χ1n) is 7.20. The van der Waals surface area contributed by atoms with Crippen LogP contribution in [0.4, 0.5) is 0 Å². The topological polar surface area (TPSA) is 60.9 Å². The van der Waals surface area contributed by atoms with Gasteiger partial charge in [0.2, 0.25) is 5.91 Å². The zero-order valence-corrected chi connectivity index (χ0v) is 11.9. The summed E-state index contributed by atoms with van der Waals surface area (Å²) in [6.45, 7) is 5.48. The monoisotopic (exact) mass is 278 g/mol. The number of hydrogen-bond donors (Lipinski definition) is 1. The molecular weight excluding hydrogens is 256 g/mol. The molecule has 2 aliphatic rings. The Morgan fingerprint density at radius 1 is 1.20 bits per heavy atom. The molecule has 0 bridgehead atoms. The number of amides is 1. The van der Waals surface area contributed by atoms with Gasteiger partial charge in [-0.25, -0.2) is 0 Å². The number of rotatable bonds is 3. The van der Waals surface area contributed by atoms with Gasteiger partial charge in [-0.2, -0.15) is 0 Å². The van der Waals surface area contributed by atoms with Crippen LogP contribution in [0.25, 0.3) is 0 Å². The zero-order chi connectivity index (χ0) is 14.7. The highest BCUT2D eigenvalue weighted by Crippen LogP contribution is 2.37. The Hall–Kier alpha value is -1.54. The molecule has 1 aliphatic heterocycles. The van der Waals surface area contributed by atoms with Crippen molar-refractivity contribution in [3.8, 4) is 12.3 Å². The van der Waals surface area contributed by atoms with Gasteiger partial charge >= 0.3 is 5.97 Å². The third-order valence-electron chi connectivity index (χ3n) is 4.43. The van der Waals surface area contributed by atoms with Crippen molar-refractivity contribution in [2.75, 3.05) is 32.7 Å². The second kappa shape index (κ2) is 6.27. The lowest BCUT2D eigenvalue weighted by atomic mass is 9.94. The third-order valence-corrected chi connectivity index (χ3v) is 4.43. The molecule has 1 saturated carbocycles. The number of nitrogens with zero attached hydrogens (tertiary/aromatic N) is 2. The number of terminal acetylenes is 1. The van der Waals surface area contributed by atoms with Gasteiger partial charge in [0, 0.05) is 26.2 Å². The predicted molar refractivity (Wildman–Crippen MR) is 74.9 cm³/mol. The smallest absolute Gasteiger partial charge is 0.307 e. The van der Waals surface area contributed by atoms with Crippen molar-refractivity contribution in [2.24, 2.45) is 17.8 Å². The Morgan fingerprint density at radius 3 is 2.35 bits per heavy atom. The molecule has 0 aromatic heterocycles. The Balaban J connectivity index is 1.95. The molecule has 1 saturated heterocycles. The van der Waals surface area contributed by atoms with Crippen LogP contribution in [0, 0.1) is 30.1 Å². The summed E-state index contributed by atoms with van der Waals surface area (Å²) >= 11 is 0. The van der Waals surface area contributed by atoms with Crippen molar-refractivity contribution in [3.05, 3.63) is 0 Å². The van der Waals surface area contributed by atoms with Crippen LogP contribution in [0.5, 0.6) is 0 Å². The fourth-order valence-corrected chi connectivity index (χ4v) is 3.33. The minimum absolute atomic E-state index is 0.0158. The standard InChI is InChI=1S/C15H22N2O3/c1-3-4-16-5-7-17(8-6-16)14(18)12-9-11(2)10-13(12)15(19)20/h1,11-13H,4-10H2,2H3,(H,19,20). The van der Waals surface area contributed by atoms with Gasteiger partial charge in [0.25, 0.3) is 0 Å². The lowest BCUT2D eigenvalue weighted by Gasteiger charge is -2.35. The van der Waals surface area contributed by atoms with E-state index in [1.54, 1.807) is 0 Å². The van der Waals surface area contributed by atoms with E-state index in [0.717, 1.165) is 13.1 Å². The lowest BCUT2D eigenvalue weighted by molar-refractivity contribution is -0.149. The SMILES string of the molecule is C#CCN1CCN(C(=O)C2CC(C)CC2C(=O)O)CC1. The van der Waals surface area contributed by atoms with Crippen LogP contribution in [-0.2, 0) is 9.59 Å². The van der Waals surface area contributed by atoms with Crippen LogP contribution in [0.15, 0.2) is 0 Å². The number of carboxylic acid groups (broad SMARTS) is 1. The Kier molecular flexibility index (Phi) is 4.66. The molecule has 1 aliphatic carbocycles. The van der Waals surface area contributed by atoms with E-state index >= 15 is 0 Å². The quantitative estimate of drug-likeness (QED) is 0.764. The van der Waals surface area contributed by atoms with Crippen LogP contribution >= 0.6 is 0 Å². The molecule has 0 aromatic rings. The van der Waals surface area contributed by atoms with Crippen molar-refractivity contribution < 1.29 is 14.7 Å². The molecule has 20 heavy (non-hydrogen) atoms. The van der Waals surface area contributed by atoms with Gasteiger partial charge in [-0.15, -0.1) is 6.42 Å². The summed E-state index contributed by atoms with van der Waals surface area (Å²) in [4.78, 5) is 27.8. The average molecular weight is 278 g/mol. The fourth-order valence-electron chi connectivity index (χ4n) is 3.33. The van der Waals surface area contributed by atoms with Gasteiger partial charge in [-0.3, -0.25) is 14.5 Å². The van der Waals surface area contributed by atoms with E-state index in [2.05, 4.69) is 10.8 Å². The number of carbonyl (C=O) groups is 2. The molecule has 0 spiro atoms. The molecule has 1 amide bonds. The summed E-state index contributed by atoms with van der Waals surface area (Å²) in [5, 5.41) is 9.26. The number of piperazine rings is 1. The first-order valence-corrected chi connectivity index (χ1v) is 7.20. The molecule has 3 atom stereocenters. The van der Waals surface area contributed by atoms with Gasteiger partial charge in [0.05, 0.1) is 18.4 Å². The van der Waals surface area contributed by atoms with E-state index in [4.69, 9.17) is 6.42 Å². The molecule has 3 unspecified atom stereocenters. The molecular formula is C15H22N2O3. The van der Waals surface area contributed by atoms with Crippen LogP contribution in [-0.4, -0.2) is 59.5 Å². The Labute approximate surface area is 119 Å². The number of carboxylic acids is 1. The first kappa shape index (κ1) is 14.9. The maximum absolute atomic E-state index is 12.5. The van der Waals surface area contributed by atoms with Crippen LogP contribution in [0.3, 0.4) is 0 Å². The molecule has 0 aromatic carbocycles. The van der Waals surface area contributed by atoms with Crippen molar-refractivity contribution in [3.63, 3.8) is 0 Å². The summed E-state index contributed by atoms with van der Waals surface area (Å²) in [7, 11) is 0. The summed E-state index contributed by atoms with van der Waals surface area (Å²) in [6, 6.07) is 0. The van der Waals surface area contributed by atoms with Crippen LogP contribution in [0.2, 0.25) is 0 Å². The predicted octanol–water partition coefficient (Wildman–Crippen LogP) is 0.511. The Morgan fingerprint density at radius 2 is 1.80 bits per heavy atom. The fraction of sp³-hybridized carbons (Fsp3) is 0.733.